The van der Waals surface area contributed by atoms with Crippen LogP contribution >= 0.6 is 0 Å². The molecule has 0 amide bonds. The third-order valence-electron chi connectivity index (χ3n) is 2.49. The summed E-state index contributed by atoms with van der Waals surface area (Å²) in [4.78, 5) is 0. The molecule has 0 atom stereocenters. The van der Waals surface area contributed by atoms with Gasteiger partial charge in [-0.1, -0.05) is 0 Å². The molecule has 4 heteroatoms. The number of rotatable bonds is 1. The number of nitrogens with zero attached hydrogens (tertiary/aromatic N) is 1. The first-order chi connectivity index (χ1) is 6.95. The van der Waals surface area contributed by atoms with Crippen molar-refractivity contribution >= 4 is 0 Å². The van der Waals surface area contributed by atoms with Gasteiger partial charge in [0.25, 0.3) is 0 Å². The molecular weight excluding hydrogens is 180 g/mol. The van der Waals surface area contributed by atoms with Crippen molar-refractivity contribution in [2.45, 2.75) is 13.0 Å². The van der Waals surface area contributed by atoms with Gasteiger partial charge < -0.3 is 9.15 Å². The van der Waals surface area contributed by atoms with Crippen molar-refractivity contribution in [3.8, 4) is 11.3 Å². The van der Waals surface area contributed by atoms with E-state index in [0.717, 1.165) is 29.8 Å². The summed E-state index contributed by atoms with van der Waals surface area (Å²) >= 11 is 0. The molecule has 4 nitrogen and oxygen atoms in total. The van der Waals surface area contributed by atoms with E-state index in [2.05, 4.69) is 10.2 Å². The highest BCUT2D eigenvalue weighted by molar-refractivity contribution is 5.62. The predicted octanol–water partition coefficient (Wildman–Crippen LogP) is 1.74. The Kier molecular flexibility index (Phi) is 1.67. The molecule has 0 bridgehead atoms. The molecule has 72 valence electrons. The fourth-order valence-corrected chi connectivity index (χ4v) is 1.75. The quantitative estimate of drug-likeness (QED) is 0.745. The lowest BCUT2D eigenvalue weighted by molar-refractivity contribution is 0.110. The van der Waals surface area contributed by atoms with Gasteiger partial charge in [-0.15, -0.1) is 0 Å². The highest BCUT2D eigenvalue weighted by Crippen LogP contribution is 2.27. The molecule has 0 aliphatic carbocycles. The van der Waals surface area contributed by atoms with Gasteiger partial charge in [0.05, 0.1) is 25.7 Å². The average molecular weight is 190 g/mol. The number of hydrogen-bond donors (Lipinski definition) is 1. The van der Waals surface area contributed by atoms with Crippen molar-refractivity contribution in [1.82, 2.24) is 10.2 Å². The standard InChI is InChI=1S/C10H10N2O2/c1-3-13-5-7(1)10-8-6-14-4-2-9(8)11-12-10/h1,3,5H,2,4,6H2,(H,11,12). The van der Waals surface area contributed by atoms with Gasteiger partial charge in [0.1, 0.15) is 5.69 Å². The Labute approximate surface area is 80.9 Å². The first kappa shape index (κ1) is 7.82. The summed E-state index contributed by atoms with van der Waals surface area (Å²) in [5.74, 6) is 0. The monoisotopic (exact) mass is 190 g/mol. The smallest absolute Gasteiger partial charge is 0.101 e. The molecule has 2 aromatic rings. The highest BCUT2D eigenvalue weighted by atomic mass is 16.5. The minimum absolute atomic E-state index is 0.645. The van der Waals surface area contributed by atoms with Gasteiger partial charge in [-0.05, 0) is 6.07 Å². The van der Waals surface area contributed by atoms with Crippen LogP contribution in [0, 0.1) is 0 Å². The van der Waals surface area contributed by atoms with Crippen LogP contribution in [0.2, 0.25) is 0 Å². The molecule has 3 rings (SSSR count). The normalized spacial score (nSPS) is 15.4. The Hall–Kier alpha value is -1.55. The summed E-state index contributed by atoms with van der Waals surface area (Å²) in [5, 5.41) is 7.32. The number of ether oxygens (including phenoxy) is 1. The minimum Gasteiger partial charge on any atom is -0.472 e. The lowest BCUT2D eigenvalue weighted by atomic mass is 10.1. The number of nitrogens with one attached hydrogen (secondary N) is 1. The van der Waals surface area contributed by atoms with E-state index in [4.69, 9.17) is 9.15 Å². The number of aromatic amines is 1. The number of furan rings is 1. The van der Waals surface area contributed by atoms with Gasteiger partial charge in [0.2, 0.25) is 0 Å². The summed E-state index contributed by atoms with van der Waals surface area (Å²) in [5.41, 5.74) is 4.31. The number of aromatic nitrogens is 2. The molecule has 0 spiro atoms. The van der Waals surface area contributed by atoms with Crippen LogP contribution in [-0.2, 0) is 17.8 Å². The Morgan fingerprint density at radius 2 is 2.43 bits per heavy atom. The predicted molar refractivity (Wildman–Crippen MR) is 49.6 cm³/mol. The molecule has 0 radical (unpaired) electrons. The molecule has 14 heavy (non-hydrogen) atoms. The van der Waals surface area contributed by atoms with Crippen LogP contribution in [-0.4, -0.2) is 16.8 Å². The highest BCUT2D eigenvalue weighted by Gasteiger charge is 2.18. The summed E-state index contributed by atoms with van der Waals surface area (Å²) in [6, 6.07) is 1.91. The van der Waals surface area contributed by atoms with Crippen molar-refractivity contribution in [3.05, 3.63) is 29.9 Å². The topological polar surface area (TPSA) is 51.0 Å². The molecule has 0 saturated carbocycles. The van der Waals surface area contributed by atoms with E-state index in [9.17, 15) is 0 Å². The number of H-pyrrole nitrogens is 1. The van der Waals surface area contributed by atoms with Crippen molar-refractivity contribution in [2.75, 3.05) is 6.61 Å². The van der Waals surface area contributed by atoms with Gasteiger partial charge in [0, 0.05) is 23.2 Å². The SMILES string of the molecule is c1cc(-c2n[nH]c3c2COCC3)co1. The minimum atomic E-state index is 0.645. The lowest BCUT2D eigenvalue weighted by Gasteiger charge is -2.11. The molecule has 1 aliphatic rings. The lowest BCUT2D eigenvalue weighted by Crippen LogP contribution is -2.08. The molecular formula is C10H10N2O2. The number of hydrogen-bond acceptors (Lipinski definition) is 3. The molecule has 2 aromatic heterocycles. The Morgan fingerprint density at radius 1 is 1.43 bits per heavy atom. The van der Waals surface area contributed by atoms with E-state index in [1.165, 1.54) is 5.69 Å². The van der Waals surface area contributed by atoms with E-state index < -0.39 is 0 Å². The number of fused-ring (bicyclic) bond motifs is 1. The van der Waals surface area contributed by atoms with Crippen LogP contribution in [0.1, 0.15) is 11.3 Å². The fraction of sp³-hybridized carbons (Fsp3) is 0.300. The molecule has 0 unspecified atom stereocenters. The largest absolute Gasteiger partial charge is 0.472 e. The third-order valence-corrected chi connectivity index (χ3v) is 2.49. The van der Waals surface area contributed by atoms with Crippen LogP contribution in [0.3, 0.4) is 0 Å². The first-order valence-corrected chi connectivity index (χ1v) is 4.61. The second-order valence-corrected chi connectivity index (χ2v) is 3.34. The molecule has 1 aliphatic heterocycles. The Morgan fingerprint density at radius 3 is 3.29 bits per heavy atom. The zero-order chi connectivity index (χ0) is 9.38. The van der Waals surface area contributed by atoms with E-state index in [-0.39, 0.29) is 0 Å². The Bertz CT molecular complexity index is 431. The van der Waals surface area contributed by atoms with Gasteiger partial charge in [-0.3, -0.25) is 5.10 Å². The van der Waals surface area contributed by atoms with Crippen molar-refractivity contribution in [1.29, 1.82) is 0 Å². The van der Waals surface area contributed by atoms with Gasteiger partial charge in [-0.25, -0.2) is 0 Å². The first-order valence-electron chi connectivity index (χ1n) is 4.61. The van der Waals surface area contributed by atoms with E-state index in [1.54, 1.807) is 12.5 Å². The molecule has 0 aromatic carbocycles. The van der Waals surface area contributed by atoms with Crippen molar-refractivity contribution < 1.29 is 9.15 Å². The van der Waals surface area contributed by atoms with Crippen LogP contribution in [0.5, 0.6) is 0 Å². The maximum atomic E-state index is 5.40. The maximum absolute atomic E-state index is 5.40. The molecule has 0 fully saturated rings. The van der Waals surface area contributed by atoms with E-state index in [0.29, 0.717) is 6.61 Å². The summed E-state index contributed by atoms with van der Waals surface area (Å²) < 4.78 is 10.4. The van der Waals surface area contributed by atoms with Gasteiger partial charge >= 0.3 is 0 Å². The zero-order valence-corrected chi connectivity index (χ0v) is 7.62. The maximum Gasteiger partial charge on any atom is 0.101 e. The second-order valence-electron chi connectivity index (χ2n) is 3.34. The van der Waals surface area contributed by atoms with Crippen LogP contribution in [0.15, 0.2) is 23.0 Å². The van der Waals surface area contributed by atoms with Crippen molar-refractivity contribution in [2.24, 2.45) is 0 Å². The summed E-state index contributed by atoms with van der Waals surface area (Å²) in [6.07, 6.45) is 4.27. The summed E-state index contributed by atoms with van der Waals surface area (Å²) in [6.45, 7) is 1.42. The summed E-state index contributed by atoms with van der Waals surface area (Å²) in [7, 11) is 0. The fourth-order valence-electron chi connectivity index (χ4n) is 1.75. The third kappa shape index (κ3) is 1.08. The molecule has 1 N–H and O–H groups in total. The van der Waals surface area contributed by atoms with E-state index >= 15 is 0 Å². The van der Waals surface area contributed by atoms with Crippen molar-refractivity contribution in [3.63, 3.8) is 0 Å². The van der Waals surface area contributed by atoms with Crippen LogP contribution in [0.25, 0.3) is 11.3 Å². The zero-order valence-electron chi connectivity index (χ0n) is 7.62. The second kappa shape index (κ2) is 2.99. The molecule has 0 saturated heterocycles. The van der Waals surface area contributed by atoms with Gasteiger partial charge in [-0.2, -0.15) is 5.10 Å². The van der Waals surface area contributed by atoms with Gasteiger partial charge in [0.15, 0.2) is 0 Å². The van der Waals surface area contributed by atoms with Crippen LogP contribution in [0.4, 0.5) is 0 Å². The molecule has 3 heterocycles. The average Bonchev–Trinajstić information content (AvgIpc) is 2.85. The Balaban J connectivity index is 2.11. The van der Waals surface area contributed by atoms with E-state index in [1.807, 2.05) is 6.07 Å². The van der Waals surface area contributed by atoms with Crippen LogP contribution < -0.4 is 0 Å².